The van der Waals surface area contributed by atoms with Crippen molar-refractivity contribution in [1.82, 2.24) is 0 Å². The molecule has 0 aliphatic heterocycles. The number of rotatable bonds is 3. The molecule has 0 fully saturated rings. The standard InChI is InChI=1S/C14H13FO2/c1-10-3-5-12(6-4-10)17-14-8-11(15)7-13(9-14)16-2/h3-9H,1-2H3. The number of benzene rings is 2. The van der Waals surface area contributed by atoms with E-state index in [0.717, 1.165) is 5.56 Å². The van der Waals surface area contributed by atoms with Crippen LogP contribution in [-0.4, -0.2) is 7.11 Å². The van der Waals surface area contributed by atoms with Crippen LogP contribution in [0, 0.1) is 12.7 Å². The van der Waals surface area contributed by atoms with Gasteiger partial charge in [-0.2, -0.15) is 0 Å². The summed E-state index contributed by atoms with van der Waals surface area (Å²) in [6, 6.07) is 11.8. The smallest absolute Gasteiger partial charge is 0.134 e. The number of halogens is 1. The summed E-state index contributed by atoms with van der Waals surface area (Å²) in [5.74, 6) is 1.15. The Hall–Kier alpha value is -2.03. The molecule has 0 bridgehead atoms. The fourth-order valence-corrected chi connectivity index (χ4v) is 1.46. The average Bonchev–Trinajstić information content (AvgIpc) is 2.31. The minimum absolute atomic E-state index is 0.383. The summed E-state index contributed by atoms with van der Waals surface area (Å²) in [7, 11) is 1.49. The quantitative estimate of drug-likeness (QED) is 0.798. The van der Waals surface area contributed by atoms with Gasteiger partial charge >= 0.3 is 0 Å². The van der Waals surface area contributed by atoms with E-state index in [-0.39, 0.29) is 5.82 Å². The highest BCUT2D eigenvalue weighted by molar-refractivity contribution is 5.38. The van der Waals surface area contributed by atoms with Crippen molar-refractivity contribution in [1.29, 1.82) is 0 Å². The SMILES string of the molecule is COc1cc(F)cc(Oc2ccc(C)cc2)c1. The Bertz CT molecular complexity index is 506. The van der Waals surface area contributed by atoms with E-state index >= 15 is 0 Å². The van der Waals surface area contributed by atoms with Crippen LogP contribution in [0.15, 0.2) is 42.5 Å². The predicted molar refractivity (Wildman–Crippen MR) is 64.2 cm³/mol. The Balaban J connectivity index is 2.23. The van der Waals surface area contributed by atoms with E-state index in [4.69, 9.17) is 9.47 Å². The summed E-state index contributed by atoms with van der Waals surface area (Å²) in [6.07, 6.45) is 0. The molecule has 0 amide bonds. The van der Waals surface area contributed by atoms with Crippen molar-refractivity contribution in [2.75, 3.05) is 7.11 Å². The van der Waals surface area contributed by atoms with Gasteiger partial charge in [0.15, 0.2) is 0 Å². The van der Waals surface area contributed by atoms with Crippen molar-refractivity contribution < 1.29 is 13.9 Å². The third kappa shape index (κ3) is 2.97. The van der Waals surface area contributed by atoms with Crippen molar-refractivity contribution in [3.05, 3.63) is 53.8 Å². The second-order valence-electron chi connectivity index (χ2n) is 3.74. The maximum atomic E-state index is 13.2. The van der Waals surface area contributed by atoms with Crippen molar-refractivity contribution in [2.45, 2.75) is 6.92 Å². The monoisotopic (exact) mass is 232 g/mol. The van der Waals surface area contributed by atoms with Crippen molar-refractivity contribution >= 4 is 0 Å². The maximum absolute atomic E-state index is 13.2. The number of hydrogen-bond donors (Lipinski definition) is 0. The van der Waals surface area contributed by atoms with E-state index < -0.39 is 0 Å². The molecule has 17 heavy (non-hydrogen) atoms. The first kappa shape index (κ1) is 11.5. The zero-order valence-electron chi connectivity index (χ0n) is 9.74. The molecule has 2 aromatic rings. The highest BCUT2D eigenvalue weighted by atomic mass is 19.1. The van der Waals surface area contributed by atoms with Crippen LogP contribution in [0.2, 0.25) is 0 Å². The van der Waals surface area contributed by atoms with Gasteiger partial charge in [-0.1, -0.05) is 17.7 Å². The number of ether oxygens (including phenoxy) is 2. The molecule has 0 saturated heterocycles. The van der Waals surface area contributed by atoms with E-state index in [9.17, 15) is 4.39 Å². The van der Waals surface area contributed by atoms with E-state index in [2.05, 4.69) is 0 Å². The zero-order chi connectivity index (χ0) is 12.3. The molecule has 2 rings (SSSR count). The summed E-state index contributed by atoms with van der Waals surface area (Å²) in [5.41, 5.74) is 1.15. The lowest BCUT2D eigenvalue weighted by Gasteiger charge is -2.08. The van der Waals surface area contributed by atoms with Gasteiger partial charge in [0.05, 0.1) is 7.11 Å². The molecule has 0 N–H and O–H groups in total. The molecule has 2 nitrogen and oxygen atoms in total. The Labute approximate surface area is 99.6 Å². The Kier molecular flexibility index (Phi) is 3.28. The van der Waals surface area contributed by atoms with Crippen LogP contribution < -0.4 is 9.47 Å². The van der Waals surface area contributed by atoms with Crippen LogP contribution in [0.25, 0.3) is 0 Å². The second kappa shape index (κ2) is 4.87. The maximum Gasteiger partial charge on any atom is 0.134 e. The van der Waals surface area contributed by atoms with Gasteiger partial charge in [-0.05, 0) is 19.1 Å². The van der Waals surface area contributed by atoms with Crippen molar-refractivity contribution in [2.24, 2.45) is 0 Å². The lowest BCUT2D eigenvalue weighted by molar-refractivity contribution is 0.404. The van der Waals surface area contributed by atoms with Gasteiger partial charge in [-0.3, -0.25) is 0 Å². The van der Waals surface area contributed by atoms with Gasteiger partial charge in [-0.25, -0.2) is 4.39 Å². The number of hydrogen-bond acceptors (Lipinski definition) is 2. The molecule has 0 aromatic heterocycles. The number of aryl methyl sites for hydroxylation is 1. The van der Waals surface area contributed by atoms with Gasteiger partial charge in [0.1, 0.15) is 23.1 Å². The third-order valence-electron chi connectivity index (χ3n) is 2.34. The zero-order valence-corrected chi connectivity index (χ0v) is 9.74. The fourth-order valence-electron chi connectivity index (χ4n) is 1.46. The molecule has 88 valence electrons. The molecule has 2 aromatic carbocycles. The van der Waals surface area contributed by atoms with Gasteiger partial charge in [0.25, 0.3) is 0 Å². The Morgan fingerprint density at radius 3 is 2.18 bits per heavy atom. The highest BCUT2D eigenvalue weighted by Crippen LogP contribution is 2.26. The van der Waals surface area contributed by atoms with E-state index in [1.807, 2.05) is 31.2 Å². The lowest BCUT2D eigenvalue weighted by Crippen LogP contribution is -1.89. The third-order valence-corrected chi connectivity index (χ3v) is 2.34. The predicted octanol–water partition coefficient (Wildman–Crippen LogP) is 3.94. The summed E-state index contributed by atoms with van der Waals surface area (Å²) in [5, 5.41) is 0. The van der Waals surface area contributed by atoms with E-state index in [0.29, 0.717) is 17.2 Å². The van der Waals surface area contributed by atoms with E-state index in [1.54, 1.807) is 6.07 Å². The van der Waals surface area contributed by atoms with Crippen molar-refractivity contribution in [3.63, 3.8) is 0 Å². The molecular weight excluding hydrogens is 219 g/mol. The first-order valence-electron chi connectivity index (χ1n) is 5.26. The van der Waals surface area contributed by atoms with Crippen LogP contribution in [0.3, 0.4) is 0 Å². The van der Waals surface area contributed by atoms with Crippen LogP contribution in [-0.2, 0) is 0 Å². The highest BCUT2D eigenvalue weighted by Gasteiger charge is 2.03. The molecule has 0 aliphatic carbocycles. The lowest BCUT2D eigenvalue weighted by atomic mass is 10.2. The van der Waals surface area contributed by atoms with Crippen LogP contribution in [0.1, 0.15) is 5.56 Å². The molecule has 0 aliphatic rings. The van der Waals surface area contributed by atoms with Crippen molar-refractivity contribution in [3.8, 4) is 17.2 Å². The Morgan fingerprint density at radius 1 is 0.882 bits per heavy atom. The van der Waals surface area contributed by atoms with Gasteiger partial charge in [-0.15, -0.1) is 0 Å². The van der Waals surface area contributed by atoms with Crippen LogP contribution in [0.5, 0.6) is 17.2 Å². The minimum Gasteiger partial charge on any atom is -0.497 e. The largest absolute Gasteiger partial charge is 0.497 e. The topological polar surface area (TPSA) is 18.5 Å². The molecule has 0 unspecified atom stereocenters. The molecule has 3 heteroatoms. The summed E-state index contributed by atoms with van der Waals surface area (Å²) >= 11 is 0. The van der Waals surface area contributed by atoms with Gasteiger partial charge in [0.2, 0.25) is 0 Å². The average molecular weight is 232 g/mol. The fraction of sp³-hybridized carbons (Fsp3) is 0.143. The van der Waals surface area contributed by atoms with Gasteiger partial charge in [0, 0.05) is 18.2 Å². The summed E-state index contributed by atoms with van der Waals surface area (Å²) in [6.45, 7) is 2.00. The summed E-state index contributed by atoms with van der Waals surface area (Å²) in [4.78, 5) is 0. The first-order valence-corrected chi connectivity index (χ1v) is 5.26. The normalized spacial score (nSPS) is 10.1. The molecular formula is C14H13FO2. The van der Waals surface area contributed by atoms with E-state index in [1.165, 1.54) is 19.2 Å². The second-order valence-corrected chi connectivity index (χ2v) is 3.74. The molecule has 0 radical (unpaired) electrons. The summed E-state index contributed by atoms with van der Waals surface area (Å²) < 4.78 is 23.7. The molecule has 0 spiro atoms. The molecule has 0 heterocycles. The molecule has 0 atom stereocenters. The molecule has 0 saturated carbocycles. The van der Waals surface area contributed by atoms with Gasteiger partial charge < -0.3 is 9.47 Å². The first-order chi connectivity index (χ1) is 8.17. The van der Waals surface area contributed by atoms with Crippen LogP contribution in [0.4, 0.5) is 4.39 Å². The Morgan fingerprint density at radius 2 is 1.53 bits per heavy atom. The number of methoxy groups -OCH3 is 1. The minimum atomic E-state index is -0.383. The van der Waals surface area contributed by atoms with Crippen LogP contribution >= 0.6 is 0 Å².